The van der Waals surface area contributed by atoms with Crippen LogP contribution in [0.15, 0.2) is 47.4 Å². The van der Waals surface area contributed by atoms with Gasteiger partial charge >= 0.3 is 0 Å². The first kappa shape index (κ1) is 19.5. The molecule has 1 heterocycles. The fraction of sp³-hybridized carbons (Fsp3) is 0.368. The second kappa shape index (κ2) is 7.77. The number of ether oxygens (including phenoxy) is 1. The Morgan fingerprint density at radius 3 is 2.50 bits per heavy atom. The van der Waals surface area contributed by atoms with E-state index in [1.165, 1.54) is 4.31 Å². The van der Waals surface area contributed by atoms with Crippen molar-refractivity contribution < 1.29 is 13.2 Å². The van der Waals surface area contributed by atoms with Crippen molar-refractivity contribution in [3.63, 3.8) is 0 Å². The van der Waals surface area contributed by atoms with E-state index in [9.17, 15) is 8.42 Å². The maximum absolute atomic E-state index is 13.4. The highest BCUT2D eigenvalue weighted by Crippen LogP contribution is 2.38. The fourth-order valence-corrected chi connectivity index (χ4v) is 5.31. The van der Waals surface area contributed by atoms with Crippen LogP contribution in [0.4, 0.5) is 0 Å². The number of benzene rings is 2. The summed E-state index contributed by atoms with van der Waals surface area (Å²) >= 11 is 12.2. The van der Waals surface area contributed by atoms with Crippen LogP contribution in [0.25, 0.3) is 0 Å². The lowest BCUT2D eigenvalue weighted by Crippen LogP contribution is -2.42. The molecular weight excluding hydrogens is 393 g/mol. The van der Waals surface area contributed by atoms with Crippen molar-refractivity contribution in [1.82, 2.24) is 4.31 Å². The lowest BCUT2D eigenvalue weighted by molar-refractivity contribution is 0.187. The zero-order chi connectivity index (χ0) is 18.9. The molecule has 2 aromatic rings. The maximum Gasteiger partial charge on any atom is 0.247 e. The second-order valence-corrected chi connectivity index (χ2v) is 9.54. The third-order valence-electron chi connectivity index (χ3n) is 4.34. The van der Waals surface area contributed by atoms with Gasteiger partial charge in [-0.15, -0.1) is 0 Å². The average molecular weight is 414 g/mol. The van der Waals surface area contributed by atoms with Gasteiger partial charge in [0.25, 0.3) is 0 Å². The van der Waals surface area contributed by atoms with Gasteiger partial charge in [-0.1, -0.05) is 55.2 Å². The van der Waals surface area contributed by atoms with Crippen molar-refractivity contribution >= 4 is 33.2 Å². The van der Waals surface area contributed by atoms with Crippen LogP contribution < -0.4 is 4.74 Å². The Morgan fingerprint density at radius 1 is 1.15 bits per heavy atom. The molecule has 7 heteroatoms. The molecular formula is C19H21Cl2NO3S. The summed E-state index contributed by atoms with van der Waals surface area (Å²) in [6, 6.07) is 11.7. The molecule has 0 aromatic heterocycles. The number of hydrogen-bond acceptors (Lipinski definition) is 3. The van der Waals surface area contributed by atoms with Crippen LogP contribution in [0.1, 0.15) is 25.8 Å². The normalized spacial score (nSPS) is 19.7. The molecule has 1 aliphatic heterocycles. The van der Waals surface area contributed by atoms with E-state index in [1.54, 1.807) is 30.3 Å². The Morgan fingerprint density at radius 2 is 1.85 bits per heavy atom. The summed E-state index contributed by atoms with van der Waals surface area (Å²) in [5, 5.41) is 0.925. The van der Waals surface area contributed by atoms with Crippen LogP contribution in [0.5, 0.6) is 5.75 Å². The Balaban J connectivity index is 2.06. The molecule has 0 spiro atoms. The van der Waals surface area contributed by atoms with E-state index >= 15 is 0 Å². The molecule has 0 fully saturated rings. The van der Waals surface area contributed by atoms with E-state index in [2.05, 4.69) is 13.8 Å². The summed E-state index contributed by atoms with van der Waals surface area (Å²) in [6.45, 7) is 4.66. The molecule has 0 saturated carbocycles. The highest BCUT2D eigenvalue weighted by molar-refractivity contribution is 7.89. The van der Waals surface area contributed by atoms with Crippen LogP contribution in [-0.2, 0) is 16.6 Å². The zero-order valence-corrected chi connectivity index (χ0v) is 17.0. The first-order valence-corrected chi connectivity index (χ1v) is 10.7. The number of sulfonamides is 1. The van der Waals surface area contributed by atoms with E-state index in [1.807, 2.05) is 12.1 Å². The zero-order valence-electron chi connectivity index (χ0n) is 14.7. The molecule has 26 heavy (non-hydrogen) atoms. The first-order chi connectivity index (χ1) is 12.3. The molecule has 2 aromatic carbocycles. The molecule has 0 amide bonds. The van der Waals surface area contributed by atoms with Crippen molar-refractivity contribution in [2.24, 2.45) is 5.92 Å². The van der Waals surface area contributed by atoms with Gasteiger partial charge in [-0.25, -0.2) is 8.42 Å². The van der Waals surface area contributed by atoms with Crippen molar-refractivity contribution in [3.05, 3.63) is 58.1 Å². The standard InChI is InChI=1S/C19H21Cl2NO3S/c1-13(2)10-16-12-25-19-17(21)4-3-5-18(19)26(23,24)22(16)11-14-6-8-15(20)9-7-14/h3-9,13,16H,10-12H2,1-2H3/t16-/m0/s1. The van der Waals surface area contributed by atoms with Gasteiger partial charge in [0.1, 0.15) is 11.5 Å². The third-order valence-corrected chi connectivity index (χ3v) is 6.81. The van der Waals surface area contributed by atoms with Crippen molar-refractivity contribution in [1.29, 1.82) is 0 Å². The molecule has 0 aliphatic carbocycles. The molecule has 0 saturated heterocycles. The lowest BCUT2D eigenvalue weighted by Gasteiger charge is -2.29. The average Bonchev–Trinajstić information content (AvgIpc) is 2.67. The van der Waals surface area contributed by atoms with Crippen molar-refractivity contribution in [2.75, 3.05) is 6.61 Å². The van der Waals surface area contributed by atoms with Crippen molar-refractivity contribution in [3.8, 4) is 5.75 Å². The summed E-state index contributed by atoms with van der Waals surface area (Å²) in [4.78, 5) is 0.116. The summed E-state index contributed by atoms with van der Waals surface area (Å²) in [5.41, 5.74) is 0.872. The molecule has 0 unspecified atom stereocenters. The molecule has 0 N–H and O–H groups in total. The number of hydrogen-bond donors (Lipinski definition) is 0. The number of fused-ring (bicyclic) bond motifs is 1. The molecule has 0 bridgehead atoms. The van der Waals surface area contributed by atoms with Gasteiger partial charge in [0, 0.05) is 11.6 Å². The van der Waals surface area contributed by atoms with E-state index < -0.39 is 10.0 Å². The minimum Gasteiger partial charge on any atom is -0.489 e. The summed E-state index contributed by atoms with van der Waals surface area (Å²) < 4.78 is 34.2. The molecule has 140 valence electrons. The number of rotatable bonds is 4. The van der Waals surface area contributed by atoms with Gasteiger partial charge in [0.2, 0.25) is 10.0 Å². The number of para-hydroxylation sites is 1. The van der Waals surface area contributed by atoms with Gasteiger partial charge in [0.15, 0.2) is 5.75 Å². The Hall–Kier alpha value is -1.27. The topological polar surface area (TPSA) is 46.6 Å². The van der Waals surface area contributed by atoms with Gasteiger partial charge < -0.3 is 4.74 Å². The van der Waals surface area contributed by atoms with Crippen LogP contribution in [0.3, 0.4) is 0 Å². The Kier molecular flexibility index (Phi) is 5.82. The largest absolute Gasteiger partial charge is 0.489 e. The first-order valence-electron chi connectivity index (χ1n) is 8.46. The minimum atomic E-state index is -3.75. The number of nitrogens with zero attached hydrogens (tertiary/aromatic N) is 1. The highest BCUT2D eigenvalue weighted by Gasteiger charge is 2.38. The van der Waals surface area contributed by atoms with Crippen LogP contribution >= 0.6 is 23.2 Å². The highest BCUT2D eigenvalue weighted by atomic mass is 35.5. The van der Waals surface area contributed by atoms with Crippen LogP contribution in [0, 0.1) is 5.92 Å². The minimum absolute atomic E-state index is 0.116. The van der Waals surface area contributed by atoms with Crippen LogP contribution in [-0.4, -0.2) is 25.4 Å². The van der Waals surface area contributed by atoms with Gasteiger partial charge in [-0.3, -0.25) is 0 Å². The van der Waals surface area contributed by atoms with E-state index in [0.717, 1.165) is 5.56 Å². The van der Waals surface area contributed by atoms with Gasteiger partial charge in [-0.05, 0) is 42.2 Å². The molecule has 1 atom stereocenters. The molecule has 3 rings (SSSR count). The second-order valence-electron chi connectivity index (χ2n) is 6.84. The lowest BCUT2D eigenvalue weighted by atomic mass is 10.0. The Bertz CT molecular complexity index is 882. The maximum atomic E-state index is 13.4. The third kappa shape index (κ3) is 4.01. The molecule has 1 aliphatic rings. The Labute approximate surface area is 164 Å². The number of halogens is 2. The van der Waals surface area contributed by atoms with E-state index in [0.29, 0.717) is 22.4 Å². The fourth-order valence-electron chi connectivity index (χ4n) is 3.13. The predicted molar refractivity (Wildman–Crippen MR) is 104 cm³/mol. The summed E-state index contributed by atoms with van der Waals surface area (Å²) in [6.07, 6.45) is 0.693. The van der Waals surface area contributed by atoms with Crippen molar-refractivity contribution in [2.45, 2.75) is 37.8 Å². The molecule has 4 nitrogen and oxygen atoms in total. The quantitative estimate of drug-likeness (QED) is 0.708. The summed E-state index contributed by atoms with van der Waals surface area (Å²) in [5.74, 6) is 0.560. The van der Waals surface area contributed by atoms with Gasteiger partial charge in [0.05, 0.1) is 11.1 Å². The monoisotopic (exact) mass is 413 g/mol. The van der Waals surface area contributed by atoms with Gasteiger partial charge in [-0.2, -0.15) is 4.31 Å². The van der Waals surface area contributed by atoms with Crippen LogP contribution in [0.2, 0.25) is 10.0 Å². The summed E-state index contributed by atoms with van der Waals surface area (Å²) in [7, 11) is -3.75. The SMILES string of the molecule is CC(C)C[C@H]1COc2c(Cl)cccc2S(=O)(=O)N1Cc1ccc(Cl)cc1. The van der Waals surface area contributed by atoms with E-state index in [4.69, 9.17) is 27.9 Å². The van der Waals surface area contributed by atoms with E-state index in [-0.39, 0.29) is 29.8 Å². The smallest absolute Gasteiger partial charge is 0.247 e. The predicted octanol–water partition coefficient (Wildman–Crippen LogP) is 4.99. The molecule has 0 radical (unpaired) electrons.